The first-order chi connectivity index (χ1) is 7.65. The Morgan fingerprint density at radius 3 is 2.50 bits per heavy atom. The van der Waals surface area contributed by atoms with Gasteiger partial charge in [0.1, 0.15) is 11.4 Å². The van der Waals surface area contributed by atoms with Crippen molar-refractivity contribution in [3.05, 3.63) is 45.7 Å². The van der Waals surface area contributed by atoms with Crippen LogP contribution in [0.25, 0.3) is 5.69 Å². The summed E-state index contributed by atoms with van der Waals surface area (Å²) in [6.07, 6.45) is 3.40. The summed E-state index contributed by atoms with van der Waals surface area (Å²) < 4.78 is 1.40. The van der Waals surface area contributed by atoms with Gasteiger partial charge in [0.15, 0.2) is 0 Å². The van der Waals surface area contributed by atoms with Crippen LogP contribution in [0.2, 0.25) is 10.0 Å². The molecule has 0 atom stereocenters. The van der Waals surface area contributed by atoms with Crippen molar-refractivity contribution >= 4 is 29.5 Å². The Balaban J connectivity index is 2.72. The molecule has 0 N–H and O–H groups in total. The molecule has 0 bridgehead atoms. The molecule has 5 heteroatoms. The Morgan fingerprint density at radius 2 is 1.94 bits per heavy atom. The molecule has 16 heavy (non-hydrogen) atoms. The van der Waals surface area contributed by atoms with Gasteiger partial charge in [-0.15, -0.1) is 0 Å². The fourth-order valence-electron chi connectivity index (χ4n) is 1.41. The summed E-state index contributed by atoms with van der Waals surface area (Å²) >= 11 is 12.1. The van der Waals surface area contributed by atoms with Crippen molar-refractivity contribution in [1.82, 2.24) is 9.78 Å². The second-order valence-electron chi connectivity index (χ2n) is 3.26. The van der Waals surface area contributed by atoms with Crippen molar-refractivity contribution in [2.24, 2.45) is 0 Å². The van der Waals surface area contributed by atoms with E-state index < -0.39 is 0 Å². The summed E-state index contributed by atoms with van der Waals surface area (Å²) in [7, 11) is 0. The maximum atomic E-state index is 10.8. The normalized spacial score (nSPS) is 10.4. The third-order valence-electron chi connectivity index (χ3n) is 2.20. The number of hydrogen-bond acceptors (Lipinski definition) is 2. The SMILES string of the molecule is Cc1cnn(-c2c(Cl)cccc2Cl)c1[C]=O. The highest BCUT2D eigenvalue weighted by molar-refractivity contribution is 6.37. The summed E-state index contributed by atoms with van der Waals surface area (Å²) in [4.78, 5) is 10.8. The molecule has 0 saturated heterocycles. The lowest BCUT2D eigenvalue weighted by Gasteiger charge is -2.07. The van der Waals surface area contributed by atoms with Crippen molar-refractivity contribution in [1.29, 1.82) is 0 Å². The van der Waals surface area contributed by atoms with Gasteiger partial charge in [-0.1, -0.05) is 29.3 Å². The van der Waals surface area contributed by atoms with E-state index in [1.165, 1.54) is 4.68 Å². The second-order valence-corrected chi connectivity index (χ2v) is 4.07. The lowest BCUT2D eigenvalue weighted by atomic mass is 10.2. The molecular weight excluding hydrogens is 247 g/mol. The van der Waals surface area contributed by atoms with Gasteiger partial charge in [-0.05, 0) is 24.6 Å². The Hall–Kier alpha value is -1.32. The molecule has 1 radical (unpaired) electrons. The van der Waals surface area contributed by atoms with Crippen LogP contribution in [-0.2, 0) is 4.79 Å². The number of aromatic nitrogens is 2. The number of para-hydroxylation sites is 1. The third kappa shape index (κ3) is 1.72. The van der Waals surface area contributed by atoms with Gasteiger partial charge in [0.2, 0.25) is 0 Å². The molecule has 2 rings (SSSR count). The quantitative estimate of drug-likeness (QED) is 0.825. The van der Waals surface area contributed by atoms with Crippen LogP contribution in [0, 0.1) is 6.92 Å². The molecule has 0 aliphatic rings. The number of aryl methyl sites for hydroxylation is 1. The first kappa shape index (κ1) is 11.2. The van der Waals surface area contributed by atoms with Crippen molar-refractivity contribution in [3.8, 4) is 5.69 Å². The molecule has 0 spiro atoms. The standard InChI is InChI=1S/C11H7Cl2N2O/c1-7-5-14-15(10(7)6-16)11-8(12)3-2-4-9(11)13/h2-5H,1H3. The highest BCUT2D eigenvalue weighted by Crippen LogP contribution is 2.28. The number of benzene rings is 1. The predicted octanol–water partition coefficient (Wildman–Crippen LogP) is 2.95. The minimum Gasteiger partial charge on any atom is -0.283 e. The summed E-state index contributed by atoms with van der Waals surface area (Å²) in [6, 6.07) is 5.11. The van der Waals surface area contributed by atoms with E-state index in [-0.39, 0.29) is 0 Å². The van der Waals surface area contributed by atoms with Crippen LogP contribution in [0.15, 0.2) is 24.4 Å². The van der Waals surface area contributed by atoms with E-state index in [0.29, 0.717) is 21.4 Å². The number of hydrogen-bond donors (Lipinski definition) is 0. The van der Waals surface area contributed by atoms with E-state index in [9.17, 15) is 4.79 Å². The zero-order valence-corrected chi connectivity index (χ0v) is 9.88. The van der Waals surface area contributed by atoms with Crippen LogP contribution in [0.5, 0.6) is 0 Å². The molecule has 81 valence electrons. The van der Waals surface area contributed by atoms with Crippen LogP contribution < -0.4 is 0 Å². The van der Waals surface area contributed by atoms with Crippen LogP contribution >= 0.6 is 23.2 Å². The molecule has 0 aliphatic carbocycles. The van der Waals surface area contributed by atoms with Crippen LogP contribution in [0.4, 0.5) is 0 Å². The van der Waals surface area contributed by atoms with Gasteiger partial charge in [-0.3, -0.25) is 4.79 Å². The monoisotopic (exact) mass is 253 g/mol. The zero-order chi connectivity index (χ0) is 11.7. The maximum absolute atomic E-state index is 10.8. The maximum Gasteiger partial charge on any atom is 0.253 e. The number of nitrogens with zero attached hydrogens (tertiary/aromatic N) is 2. The fraction of sp³-hybridized carbons (Fsp3) is 0.0909. The van der Waals surface area contributed by atoms with E-state index in [4.69, 9.17) is 23.2 Å². The predicted molar refractivity (Wildman–Crippen MR) is 63.1 cm³/mol. The van der Waals surface area contributed by atoms with Crippen molar-refractivity contribution in [3.63, 3.8) is 0 Å². The van der Waals surface area contributed by atoms with E-state index in [1.807, 2.05) is 6.29 Å². The minimum atomic E-state index is 0.329. The summed E-state index contributed by atoms with van der Waals surface area (Å²) in [6.45, 7) is 1.77. The van der Waals surface area contributed by atoms with Gasteiger partial charge < -0.3 is 0 Å². The van der Waals surface area contributed by atoms with Gasteiger partial charge in [-0.25, -0.2) is 4.68 Å². The number of carbonyl (C=O) groups excluding carboxylic acids is 1. The first-order valence-electron chi connectivity index (χ1n) is 4.52. The van der Waals surface area contributed by atoms with Gasteiger partial charge in [0.25, 0.3) is 6.29 Å². The minimum absolute atomic E-state index is 0.329. The smallest absolute Gasteiger partial charge is 0.253 e. The second kappa shape index (κ2) is 4.28. The van der Waals surface area contributed by atoms with Crippen LogP contribution in [0.3, 0.4) is 0 Å². The largest absolute Gasteiger partial charge is 0.283 e. The van der Waals surface area contributed by atoms with E-state index >= 15 is 0 Å². The molecule has 0 saturated carbocycles. The highest BCUT2D eigenvalue weighted by Gasteiger charge is 2.14. The summed E-state index contributed by atoms with van der Waals surface area (Å²) in [5.41, 5.74) is 1.55. The fourth-order valence-corrected chi connectivity index (χ4v) is 1.97. The van der Waals surface area contributed by atoms with E-state index in [0.717, 1.165) is 5.56 Å². The third-order valence-corrected chi connectivity index (χ3v) is 2.81. The van der Waals surface area contributed by atoms with Gasteiger partial charge in [-0.2, -0.15) is 5.10 Å². The number of halogens is 2. The molecule has 3 nitrogen and oxygen atoms in total. The molecule has 0 aliphatic heterocycles. The molecular formula is C11H7Cl2N2O. The molecule has 0 fully saturated rings. The molecule has 1 heterocycles. The summed E-state index contributed by atoms with van der Waals surface area (Å²) in [5, 5.41) is 4.94. The molecule has 1 aromatic carbocycles. The Kier molecular flexibility index (Phi) is 2.99. The van der Waals surface area contributed by atoms with Crippen molar-refractivity contribution < 1.29 is 4.79 Å². The summed E-state index contributed by atoms with van der Waals surface area (Å²) in [5.74, 6) is 0. The van der Waals surface area contributed by atoms with Crippen molar-refractivity contribution in [2.45, 2.75) is 6.92 Å². The highest BCUT2D eigenvalue weighted by atomic mass is 35.5. The number of rotatable bonds is 2. The Labute approximate surface area is 103 Å². The van der Waals surface area contributed by atoms with Crippen LogP contribution in [0.1, 0.15) is 11.3 Å². The average Bonchev–Trinajstić information content (AvgIpc) is 2.59. The van der Waals surface area contributed by atoms with Gasteiger partial charge in [0, 0.05) is 0 Å². The Bertz CT molecular complexity index is 529. The van der Waals surface area contributed by atoms with Gasteiger partial charge >= 0.3 is 0 Å². The topological polar surface area (TPSA) is 34.9 Å². The van der Waals surface area contributed by atoms with E-state index in [2.05, 4.69) is 5.10 Å². The molecule has 0 amide bonds. The Morgan fingerprint density at radius 1 is 1.31 bits per heavy atom. The average molecular weight is 254 g/mol. The van der Waals surface area contributed by atoms with Crippen molar-refractivity contribution in [2.75, 3.05) is 0 Å². The molecule has 0 unspecified atom stereocenters. The molecule has 2 aromatic rings. The van der Waals surface area contributed by atoms with Crippen LogP contribution in [-0.4, -0.2) is 16.1 Å². The zero-order valence-electron chi connectivity index (χ0n) is 8.37. The lowest BCUT2D eigenvalue weighted by Crippen LogP contribution is -2.03. The lowest BCUT2D eigenvalue weighted by molar-refractivity contribution is 0.559. The first-order valence-corrected chi connectivity index (χ1v) is 5.28. The van der Waals surface area contributed by atoms with E-state index in [1.54, 1.807) is 31.3 Å². The molecule has 1 aromatic heterocycles. The van der Waals surface area contributed by atoms with Gasteiger partial charge in [0.05, 0.1) is 16.2 Å².